The minimum atomic E-state index is -0.344. The van der Waals surface area contributed by atoms with E-state index in [0.29, 0.717) is 12.1 Å². The third kappa shape index (κ3) is 2.71. The highest BCUT2D eigenvalue weighted by Gasteiger charge is 2.50. The summed E-state index contributed by atoms with van der Waals surface area (Å²) >= 11 is 0. The van der Waals surface area contributed by atoms with Gasteiger partial charge in [-0.25, -0.2) is 0 Å². The lowest BCUT2D eigenvalue weighted by Crippen LogP contribution is -2.50. The number of carbonyl (C=O) groups excluding carboxylic acids is 2. The molecule has 0 N–H and O–H groups in total. The van der Waals surface area contributed by atoms with Gasteiger partial charge in [0.2, 0.25) is 5.91 Å². The minimum Gasteiger partial charge on any atom is -0.342 e. The fraction of sp³-hybridized carbons (Fsp3) is 0.647. The molecule has 1 spiro atoms. The zero-order chi connectivity index (χ0) is 15.9. The number of likely N-dealkylation sites (tertiary alicyclic amines) is 2. The third-order valence-electron chi connectivity index (χ3n) is 5.47. The van der Waals surface area contributed by atoms with Crippen molar-refractivity contribution >= 4 is 11.8 Å². The van der Waals surface area contributed by atoms with Crippen molar-refractivity contribution in [1.29, 1.82) is 0 Å². The van der Waals surface area contributed by atoms with Gasteiger partial charge in [0.1, 0.15) is 0 Å². The Morgan fingerprint density at radius 2 is 2.13 bits per heavy atom. The van der Waals surface area contributed by atoms with E-state index in [2.05, 4.69) is 10.2 Å². The van der Waals surface area contributed by atoms with Crippen LogP contribution < -0.4 is 0 Å². The van der Waals surface area contributed by atoms with Crippen LogP contribution in [0.4, 0.5) is 0 Å². The summed E-state index contributed by atoms with van der Waals surface area (Å²) in [5, 5.41) is 7.50. The largest absolute Gasteiger partial charge is 0.342 e. The van der Waals surface area contributed by atoms with Crippen molar-refractivity contribution in [2.75, 3.05) is 26.2 Å². The molecule has 2 amide bonds. The van der Waals surface area contributed by atoms with Crippen LogP contribution >= 0.6 is 0 Å². The molecule has 6 nitrogen and oxygen atoms in total. The molecule has 122 valence electrons. The number of hydrogen-bond acceptors (Lipinski definition) is 4. The molecule has 3 fully saturated rings. The Hall–Kier alpha value is -1.98. The highest BCUT2D eigenvalue weighted by molar-refractivity contribution is 5.94. The molecule has 0 aromatic carbocycles. The van der Waals surface area contributed by atoms with Crippen molar-refractivity contribution in [3.8, 4) is 0 Å². The van der Waals surface area contributed by atoms with Crippen LogP contribution in [0.2, 0.25) is 0 Å². The van der Waals surface area contributed by atoms with E-state index in [4.69, 9.17) is 0 Å². The lowest BCUT2D eigenvalue weighted by Gasteiger charge is -2.39. The van der Waals surface area contributed by atoms with Gasteiger partial charge in [0, 0.05) is 26.2 Å². The second-order valence-electron chi connectivity index (χ2n) is 7.19. The van der Waals surface area contributed by atoms with Crippen LogP contribution in [-0.4, -0.2) is 58.0 Å². The summed E-state index contributed by atoms with van der Waals surface area (Å²) in [4.78, 5) is 29.4. The van der Waals surface area contributed by atoms with Crippen molar-refractivity contribution in [2.24, 2.45) is 11.3 Å². The number of hydrogen-bond donors (Lipinski definition) is 0. The molecule has 2 aliphatic heterocycles. The summed E-state index contributed by atoms with van der Waals surface area (Å²) in [5.41, 5.74) is 0.209. The van der Waals surface area contributed by atoms with Crippen molar-refractivity contribution in [3.05, 3.63) is 24.0 Å². The smallest absolute Gasteiger partial charge is 0.255 e. The quantitative estimate of drug-likeness (QED) is 0.844. The summed E-state index contributed by atoms with van der Waals surface area (Å²) in [6, 6.07) is 1.69. The monoisotopic (exact) mass is 314 g/mol. The molecule has 2 saturated heterocycles. The maximum Gasteiger partial charge on any atom is 0.255 e. The number of piperidine rings is 1. The zero-order valence-corrected chi connectivity index (χ0v) is 13.3. The van der Waals surface area contributed by atoms with Gasteiger partial charge in [-0.3, -0.25) is 9.59 Å². The molecule has 1 aromatic heterocycles. The van der Waals surface area contributed by atoms with Gasteiger partial charge in [-0.05, 0) is 44.1 Å². The first-order valence-corrected chi connectivity index (χ1v) is 8.53. The topological polar surface area (TPSA) is 66.4 Å². The van der Waals surface area contributed by atoms with Crippen molar-refractivity contribution < 1.29 is 9.59 Å². The van der Waals surface area contributed by atoms with Crippen LogP contribution in [0.25, 0.3) is 0 Å². The Bertz CT molecular complexity index is 616. The lowest BCUT2D eigenvalue weighted by molar-refractivity contribution is -0.138. The Kier molecular flexibility index (Phi) is 3.54. The van der Waals surface area contributed by atoms with Crippen molar-refractivity contribution in [1.82, 2.24) is 20.0 Å². The molecule has 1 aromatic rings. The predicted molar refractivity (Wildman–Crippen MR) is 83.5 cm³/mol. The minimum absolute atomic E-state index is 0.0348. The first kappa shape index (κ1) is 14.6. The maximum absolute atomic E-state index is 12.9. The first-order chi connectivity index (χ1) is 11.2. The van der Waals surface area contributed by atoms with E-state index in [9.17, 15) is 9.59 Å². The highest BCUT2D eigenvalue weighted by Crippen LogP contribution is 2.42. The van der Waals surface area contributed by atoms with E-state index in [-0.39, 0.29) is 17.2 Å². The van der Waals surface area contributed by atoms with E-state index < -0.39 is 0 Å². The van der Waals surface area contributed by atoms with Gasteiger partial charge in [0.15, 0.2) is 0 Å². The summed E-state index contributed by atoms with van der Waals surface area (Å²) in [5.74, 6) is 0.959. The third-order valence-corrected chi connectivity index (χ3v) is 5.47. The molecule has 6 heteroatoms. The average molecular weight is 314 g/mol. The molecular formula is C17H22N4O2. The number of nitrogens with zero attached hydrogens (tertiary/aromatic N) is 4. The van der Waals surface area contributed by atoms with Gasteiger partial charge >= 0.3 is 0 Å². The summed E-state index contributed by atoms with van der Waals surface area (Å²) in [6.07, 6.45) is 8.24. The standard InChI is InChI=1S/C17H22N4O2/c22-15(14-4-7-18-19-10-14)21-8-1-5-17(12-21)6-9-20(16(17)23)11-13-2-3-13/h4,7,10,13H,1-3,5-6,8-9,11-12H2/t17-/m0/s1. The van der Waals surface area contributed by atoms with E-state index in [1.165, 1.54) is 25.2 Å². The molecule has 3 heterocycles. The summed E-state index contributed by atoms with van der Waals surface area (Å²) < 4.78 is 0. The van der Waals surface area contributed by atoms with E-state index in [1.807, 2.05) is 9.80 Å². The van der Waals surface area contributed by atoms with E-state index >= 15 is 0 Å². The van der Waals surface area contributed by atoms with Crippen LogP contribution in [0.15, 0.2) is 18.5 Å². The van der Waals surface area contributed by atoms with Gasteiger partial charge in [-0.15, -0.1) is 0 Å². The number of amides is 2. The zero-order valence-electron chi connectivity index (χ0n) is 13.3. The van der Waals surface area contributed by atoms with Crippen LogP contribution in [0.1, 0.15) is 42.5 Å². The maximum atomic E-state index is 12.9. The molecule has 0 radical (unpaired) electrons. The fourth-order valence-corrected chi connectivity index (χ4v) is 3.96. The number of carbonyl (C=O) groups is 2. The van der Waals surface area contributed by atoms with Gasteiger partial charge in [0.25, 0.3) is 5.91 Å². The molecule has 23 heavy (non-hydrogen) atoms. The Morgan fingerprint density at radius 3 is 2.87 bits per heavy atom. The molecule has 0 bridgehead atoms. The van der Waals surface area contributed by atoms with E-state index in [0.717, 1.165) is 44.8 Å². The molecular weight excluding hydrogens is 292 g/mol. The number of aromatic nitrogens is 2. The predicted octanol–water partition coefficient (Wildman–Crippen LogP) is 1.34. The van der Waals surface area contributed by atoms with E-state index in [1.54, 1.807) is 6.07 Å². The summed E-state index contributed by atoms with van der Waals surface area (Å²) in [7, 11) is 0. The first-order valence-electron chi connectivity index (χ1n) is 8.53. The van der Waals surface area contributed by atoms with Crippen LogP contribution in [0.3, 0.4) is 0 Å². The van der Waals surface area contributed by atoms with Crippen molar-refractivity contribution in [2.45, 2.75) is 32.1 Å². The summed E-state index contributed by atoms with van der Waals surface area (Å²) in [6.45, 7) is 3.05. The highest BCUT2D eigenvalue weighted by atomic mass is 16.2. The second kappa shape index (κ2) is 5.58. The SMILES string of the molecule is O=C(c1ccnnc1)N1CCC[C@]2(CCN(CC3CC3)C2=O)C1. The van der Waals surface area contributed by atoms with Gasteiger partial charge < -0.3 is 9.80 Å². The van der Waals surface area contributed by atoms with Crippen LogP contribution in [0, 0.1) is 11.3 Å². The molecule has 1 atom stereocenters. The Morgan fingerprint density at radius 1 is 1.26 bits per heavy atom. The molecule has 3 aliphatic rings. The Balaban J connectivity index is 1.48. The van der Waals surface area contributed by atoms with Gasteiger partial charge in [-0.1, -0.05) is 0 Å². The van der Waals surface area contributed by atoms with Crippen LogP contribution in [-0.2, 0) is 4.79 Å². The average Bonchev–Trinajstić information content (AvgIpc) is 3.37. The molecule has 4 rings (SSSR count). The fourth-order valence-electron chi connectivity index (χ4n) is 3.96. The normalized spacial score (nSPS) is 27.7. The van der Waals surface area contributed by atoms with Gasteiger partial charge in [-0.2, -0.15) is 10.2 Å². The van der Waals surface area contributed by atoms with Crippen molar-refractivity contribution in [3.63, 3.8) is 0 Å². The van der Waals surface area contributed by atoms with Gasteiger partial charge in [0.05, 0.1) is 23.4 Å². The van der Waals surface area contributed by atoms with Crippen LogP contribution in [0.5, 0.6) is 0 Å². The number of rotatable bonds is 3. The molecule has 1 saturated carbocycles. The second-order valence-corrected chi connectivity index (χ2v) is 7.19. The molecule has 0 unspecified atom stereocenters. The lowest BCUT2D eigenvalue weighted by atomic mass is 9.78. The molecule has 1 aliphatic carbocycles. The Labute approximate surface area is 135 Å².